The number of carbonyl (C=O) groups is 1. The van der Waals surface area contributed by atoms with Crippen LogP contribution in [0.25, 0.3) is 11.1 Å². The monoisotopic (exact) mass is 282 g/mol. The first-order valence-corrected chi connectivity index (χ1v) is 7.25. The molecule has 0 aliphatic heterocycles. The number of hydrogen-bond donors (Lipinski definition) is 1. The third-order valence-electron chi connectivity index (χ3n) is 3.54. The van der Waals surface area contributed by atoms with Gasteiger partial charge in [0.25, 0.3) is 0 Å². The summed E-state index contributed by atoms with van der Waals surface area (Å²) in [6.45, 7) is 6.23. The first kappa shape index (κ1) is 15.3. The van der Waals surface area contributed by atoms with E-state index in [0.717, 1.165) is 16.7 Å². The van der Waals surface area contributed by atoms with E-state index in [1.54, 1.807) is 0 Å². The van der Waals surface area contributed by atoms with Gasteiger partial charge in [-0.3, -0.25) is 4.79 Å². The smallest absolute Gasteiger partial charge is 0.311 e. The lowest BCUT2D eigenvalue weighted by Crippen LogP contribution is -2.19. The van der Waals surface area contributed by atoms with Crippen molar-refractivity contribution in [1.82, 2.24) is 0 Å². The van der Waals surface area contributed by atoms with Crippen LogP contribution in [-0.2, 0) is 4.79 Å². The zero-order chi connectivity index (χ0) is 15.5. The van der Waals surface area contributed by atoms with Crippen molar-refractivity contribution in [3.05, 3.63) is 60.2 Å². The van der Waals surface area contributed by atoms with Crippen LogP contribution >= 0.6 is 0 Å². The highest BCUT2D eigenvalue weighted by molar-refractivity contribution is 5.81. The van der Waals surface area contributed by atoms with Crippen molar-refractivity contribution in [1.29, 1.82) is 0 Å². The minimum Gasteiger partial charge on any atom is -0.481 e. The maximum absolute atomic E-state index is 11.8. The number of aliphatic carboxylic acids is 1. The van der Waals surface area contributed by atoms with Crippen LogP contribution in [0.5, 0.6) is 0 Å². The van der Waals surface area contributed by atoms with Gasteiger partial charge in [-0.15, -0.1) is 0 Å². The van der Waals surface area contributed by atoms with Crippen LogP contribution in [0.4, 0.5) is 0 Å². The minimum absolute atomic E-state index is 0.0349. The van der Waals surface area contributed by atoms with Gasteiger partial charge in [0.15, 0.2) is 0 Å². The molecule has 1 atom stereocenters. The molecule has 2 rings (SSSR count). The van der Waals surface area contributed by atoms with Crippen LogP contribution in [0.1, 0.15) is 38.7 Å². The molecule has 2 nitrogen and oxygen atoms in total. The zero-order valence-corrected chi connectivity index (χ0v) is 12.8. The molecule has 2 aromatic carbocycles. The third kappa shape index (κ3) is 3.94. The zero-order valence-electron chi connectivity index (χ0n) is 12.8. The third-order valence-corrected chi connectivity index (χ3v) is 3.54. The molecule has 21 heavy (non-hydrogen) atoms. The lowest BCUT2D eigenvalue weighted by Gasteiger charge is -2.25. The van der Waals surface area contributed by atoms with Crippen molar-refractivity contribution in [2.24, 2.45) is 5.41 Å². The summed E-state index contributed by atoms with van der Waals surface area (Å²) in [5.41, 5.74) is 2.93. The molecule has 0 aliphatic rings. The Morgan fingerprint density at radius 2 is 1.57 bits per heavy atom. The molecule has 0 aliphatic carbocycles. The van der Waals surface area contributed by atoms with E-state index in [2.05, 4.69) is 20.8 Å². The highest BCUT2D eigenvalue weighted by Crippen LogP contribution is 2.36. The summed E-state index contributed by atoms with van der Waals surface area (Å²) < 4.78 is 0. The summed E-state index contributed by atoms with van der Waals surface area (Å²) in [6, 6.07) is 17.8. The topological polar surface area (TPSA) is 37.3 Å². The fourth-order valence-electron chi connectivity index (χ4n) is 2.62. The fraction of sp³-hybridized carbons (Fsp3) is 0.316. The Balaban J connectivity index is 2.49. The van der Waals surface area contributed by atoms with Crippen LogP contribution < -0.4 is 0 Å². The molecule has 1 N–H and O–H groups in total. The van der Waals surface area contributed by atoms with Gasteiger partial charge in [0, 0.05) is 0 Å². The van der Waals surface area contributed by atoms with Crippen LogP contribution in [0.15, 0.2) is 54.6 Å². The second-order valence-corrected chi connectivity index (χ2v) is 6.61. The number of rotatable bonds is 4. The summed E-state index contributed by atoms with van der Waals surface area (Å²) in [4.78, 5) is 11.8. The summed E-state index contributed by atoms with van der Waals surface area (Å²) in [5.74, 6) is -1.24. The summed E-state index contributed by atoms with van der Waals surface area (Å²) in [5, 5.41) is 9.66. The Morgan fingerprint density at radius 3 is 2.14 bits per heavy atom. The van der Waals surface area contributed by atoms with E-state index >= 15 is 0 Å². The number of benzene rings is 2. The summed E-state index contributed by atoms with van der Waals surface area (Å²) in [6.07, 6.45) is 0.617. The van der Waals surface area contributed by atoms with Crippen LogP contribution in [0.3, 0.4) is 0 Å². The van der Waals surface area contributed by atoms with Crippen LogP contribution in [0.2, 0.25) is 0 Å². The molecule has 0 heterocycles. The predicted molar refractivity (Wildman–Crippen MR) is 86.3 cm³/mol. The normalized spacial score (nSPS) is 12.9. The van der Waals surface area contributed by atoms with E-state index in [1.165, 1.54) is 0 Å². The van der Waals surface area contributed by atoms with Crippen molar-refractivity contribution in [3.63, 3.8) is 0 Å². The van der Waals surface area contributed by atoms with E-state index in [-0.39, 0.29) is 5.41 Å². The van der Waals surface area contributed by atoms with E-state index in [9.17, 15) is 9.90 Å². The minimum atomic E-state index is -0.756. The molecule has 1 unspecified atom stereocenters. The molecule has 0 fully saturated rings. The SMILES string of the molecule is CC(C)(C)CC(C(=O)O)c1ccccc1-c1ccccc1. The van der Waals surface area contributed by atoms with Crippen molar-refractivity contribution >= 4 is 5.97 Å². The van der Waals surface area contributed by atoms with Gasteiger partial charge in [0.05, 0.1) is 5.92 Å². The second-order valence-electron chi connectivity index (χ2n) is 6.61. The maximum Gasteiger partial charge on any atom is 0.311 e. The summed E-state index contributed by atoms with van der Waals surface area (Å²) >= 11 is 0. The second kappa shape index (κ2) is 6.13. The fourth-order valence-corrected chi connectivity index (χ4v) is 2.62. The largest absolute Gasteiger partial charge is 0.481 e. The predicted octanol–water partition coefficient (Wildman–Crippen LogP) is 4.96. The number of carboxylic acids is 1. The molecule has 0 spiro atoms. The molecule has 0 bridgehead atoms. The first-order valence-electron chi connectivity index (χ1n) is 7.25. The Morgan fingerprint density at radius 1 is 1.00 bits per heavy atom. The van der Waals surface area contributed by atoms with E-state index in [4.69, 9.17) is 0 Å². The van der Waals surface area contributed by atoms with Gasteiger partial charge < -0.3 is 5.11 Å². The number of hydrogen-bond acceptors (Lipinski definition) is 1. The number of carboxylic acid groups (broad SMARTS) is 1. The van der Waals surface area contributed by atoms with Gasteiger partial charge >= 0.3 is 5.97 Å². The molecular formula is C19H22O2. The molecular weight excluding hydrogens is 260 g/mol. The summed E-state index contributed by atoms with van der Waals surface area (Å²) in [7, 11) is 0. The molecule has 0 radical (unpaired) electrons. The van der Waals surface area contributed by atoms with Crippen molar-refractivity contribution in [2.75, 3.05) is 0 Å². The quantitative estimate of drug-likeness (QED) is 0.860. The van der Waals surface area contributed by atoms with Gasteiger partial charge in [-0.05, 0) is 28.5 Å². The average Bonchev–Trinajstić information content (AvgIpc) is 2.45. The van der Waals surface area contributed by atoms with Gasteiger partial charge in [0.2, 0.25) is 0 Å². The maximum atomic E-state index is 11.8. The lowest BCUT2D eigenvalue weighted by atomic mass is 9.79. The standard InChI is InChI=1S/C19H22O2/c1-19(2,3)13-17(18(20)21)16-12-8-7-11-15(16)14-9-5-4-6-10-14/h4-12,17H,13H2,1-3H3,(H,20,21). The van der Waals surface area contributed by atoms with Crippen molar-refractivity contribution in [3.8, 4) is 11.1 Å². The van der Waals surface area contributed by atoms with Gasteiger partial charge in [0.1, 0.15) is 0 Å². The Kier molecular flexibility index (Phi) is 4.46. The van der Waals surface area contributed by atoms with Gasteiger partial charge in [-0.1, -0.05) is 75.4 Å². The van der Waals surface area contributed by atoms with E-state index in [1.807, 2.05) is 54.6 Å². The lowest BCUT2D eigenvalue weighted by molar-refractivity contribution is -0.139. The molecule has 0 aromatic heterocycles. The van der Waals surface area contributed by atoms with Gasteiger partial charge in [-0.25, -0.2) is 0 Å². The Bertz CT molecular complexity index is 609. The van der Waals surface area contributed by atoms with Gasteiger partial charge in [-0.2, -0.15) is 0 Å². The van der Waals surface area contributed by atoms with Crippen LogP contribution in [0, 0.1) is 5.41 Å². The van der Waals surface area contributed by atoms with Crippen molar-refractivity contribution < 1.29 is 9.90 Å². The van der Waals surface area contributed by atoms with Crippen molar-refractivity contribution in [2.45, 2.75) is 33.1 Å². The van der Waals surface area contributed by atoms with E-state index in [0.29, 0.717) is 6.42 Å². The Labute approximate surface area is 126 Å². The molecule has 0 amide bonds. The van der Waals surface area contributed by atoms with E-state index < -0.39 is 11.9 Å². The molecule has 0 saturated carbocycles. The molecule has 0 saturated heterocycles. The molecule has 2 heteroatoms. The van der Waals surface area contributed by atoms with Crippen LogP contribution in [-0.4, -0.2) is 11.1 Å². The average molecular weight is 282 g/mol. The highest BCUT2D eigenvalue weighted by atomic mass is 16.4. The molecule has 2 aromatic rings. The molecule has 110 valence electrons. The first-order chi connectivity index (χ1) is 9.88. The highest BCUT2D eigenvalue weighted by Gasteiger charge is 2.28. The Hall–Kier alpha value is -2.09.